The van der Waals surface area contributed by atoms with E-state index in [-0.39, 0.29) is 19.0 Å². The molecule has 2 aromatic heterocycles. The zero-order valence-corrected chi connectivity index (χ0v) is 15.7. The van der Waals surface area contributed by atoms with Gasteiger partial charge < -0.3 is 14.6 Å². The summed E-state index contributed by atoms with van der Waals surface area (Å²) in [7, 11) is 0. The number of hydrogen-bond donors (Lipinski definition) is 1. The molecule has 3 heterocycles. The predicted octanol–water partition coefficient (Wildman–Crippen LogP) is 3.14. The smallest absolute Gasteiger partial charge is 0.414 e. The molecule has 1 fully saturated rings. The van der Waals surface area contributed by atoms with Gasteiger partial charge in [-0.15, -0.1) is 0 Å². The van der Waals surface area contributed by atoms with E-state index in [1.807, 2.05) is 24.3 Å². The van der Waals surface area contributed by atoms with Gasteiger partial charge in [0.25, 0.3) is 0 Å². The lowest BCUT2D eigenvalue weighted by Gasteiger charge is -2.14. The van der Waals surface area contributed by atoms with Gasteiger partial charge in [0, 0.05) is 31.1 Å². The van der Waals surface area contributed by atoms with Crippen LogP contribution in [0.5, 0.6) is 0 Å². The van der Waals surface area contributed by atoms with E-state index in [0.29, 0.717) is 11.4 Å². The topological polar surface area (TPSA) is 76.5 Å². The summed E-state index contributed by atoms with van der Waals surface area (Å²) in [5, 5.41) is 2.61. The van der Waals surface area contributed by atoms with E-state index in [2.05, 4.69) is 10.3 Å². The van der Waals surface area contributed by atoms with Gasteiger partial charge in [0.05, 0.1) is 30.2 Å². The molecular weight excluding hydrogens is 375 g/mol. The number of rotatable bonds is 5. The number of amides is 2. The van der Waals surface area contributed by atoms with Crippen LogP contribution in [0.2, 0.25) is 0 Å². The van der Waals surface area contributed by atoms with Crippen molar-refractivity contribution in [2.75, 3.05) is 18.0 Å². The maximum Gasteiger partial charge on any atom is 0.414 e. The Kier molecular flexibility index (Phi) is 4.99. The van der Waals surface area contributed by atoms with Crippen molar-refractivity contribution in [3.05, 3.63) is 66.9 Å². The number of ether oxygens (including phenoxy) is 1. The lowest BCUT2D eigenvalue weighted by atomic mass is 10.2. The second-order valence-electron chi connectivity index (χ2n) is 6.71. The number of pyridine rings is 1. The number of cyclic esters (lactones) is 1. The molecule has 0 spiro atoms. The first-order valence-corrected chi connectivity index (χ1v) is 9.13. The number of carbonyl (C=O) groups excluding carboxylic acids is 2. The number of nitrogens with one attached hydrogen (secondary N) is 1. The van der Waals surface area contributed by atoms with Crippen LogP contribution in [0.25, 0.3) is 16.9 Å². The molecule has 1 N–H and O–H groups in total. The Bertz CT molecular complexity index is 1050. The molecule has 1 aliphatic heterocycles. The van der Waals surface area contributed by atoms with Crippen LogP contribution in [0.4, 0.5) is 14.9 Å². The number of benzene rings is 1. The van der Waals surface area contributed by atoms with Crippen molar-refractivity contribution in [2.24, 2.45) is 0 Å². The largest absolute Gasteiger partial charge is 0.442 e. The van der Waals surface area contributed by atoms with Gasteiger partial charge in [-0.3, -0.25) is 14.7 Å². The highest BCUT2D eigenvalue weighted by molar-refractivity contribution is 5.90. The van der Waals surface area contributed by atoms with Crippen molar-refractivity contribution < 1.29 is 18.7 Å². The first-order valence-electron chi connectivity index (χ1n) is 9.13. The van der Waals surface area contributed by atoms with E-state index in [1.165, 1.54) is 17.9 Å². The first-order chi connectivity index (χ1) is 14.0. The Morgan fingerprint density at radius 3 is 2.90 bits per heavy atom. The first kappa shape index (κ1) is 18.7. The molecule has 29 heavy (non-hydrogen) atoms. The third kappa shape index (κ3) is 3.96. The van der Waals surface area contributed by atoms with E-state index in [1.54, 1.807) is 35.3 Å². The predicted molar refractivity (Wildman–Crippen MR) is 105 cm³/mol. The van der Waals surface area contributed by atoms with Crippen molar-refractivity contribution in [3.63, 3.8) is 0 Å². The van der Waals surface area contributed by atoms with Gasteiger partial charge in [0.2, 0.25) is 5.91 Å². The van der Waals surface area contributed by atoms with Crippen molar-refractivity contribution in [2.45, 2.75) is 13.0 Å². The Morgan fingerprint density at radius 1 is 1.31 bits per heavy atom. The number of halogens is 1. The van der Waals surface area contributed by atoms with Gasteiger partial charge >= 0.3 is 6.09 Å². The molecule has 1 aromatic carbocycles. The molecule has 0 bridgehead atoms. The highest BCUT2D eigenvalue weighted by Gasteiger charge is 2.32. The molecule has 7 nitrogen and oxygen atoms in total. The molecule has 3 aromatic rings. The van der Waals surface area contributed by atoms with Gasteiger partial charge in [0.1, 0.15) is 11.9 Å². The summed E-state index contributed by atoms with van der Waals surface area (Å²) in [5.41, 5.74) is 2.43. The summed E-state index contributed by atoms with van der Waals surface area (Å²) in [6.07, 6.45) is 4.23. The normalized spacial score (nSPS) is 16.0. The molecule has 4 rings (SSSR count). The van der Waals surface area contributed by atoms with Crippen LogP contribution in [0.15, 0.2) is 61.1 Å². The lowest BCUT2D eigenvalue weighted by Crippen LogP contribution is -2.33. The molecule has 8 heteroatoms. The van der Waals surface area contributed by atoms with Gasteiger partial charge in [-0.05, 0) is 36.4 Å². The van der Waals surface area contributed by atoms with Crippen molar-refractivity contribution in [1.82, 2.24) is 14.9 Å². The molecule has 1 unspecified atom stereocenters. The minimum Gasteiger partial charge on any atom is -0.442 e. The summed E-state index contributed by atoms with van der Waals surface area (Å²) < 4.78 is 21.7. The molecule has 148 valence electrons. The number of anilines is 1. The quantitative estimate of drug-likeness (QED) is 0.721. The number of nitrogens with zero attached hydrogens (tertiary/aromatic N) is 3. The maximum atomic E-state index is 14.8. The van der Waals surface area contributed by atoms with Gasteiger partial charge in [-0.2, -0.15) is 0 Å². The van der Waals surface area contributed by atoms with Crippen LogP contribution < -0.4 is 10.2 Å². The second kappa shape index (κ2) is 7.75. The summed E-state index contributed by atoms with van der Waals surface area (Å²) in [6.45, 7) is 1.85. The molecule has 1 saturated heterocycles. The Balaban J connectivity index is 1.52. The van der Waals surface area contributed by atoms with Crippen LogP contribution in [-0.4, -0.2) is 40.7 Å². The Labute approximate surface area is 166 Å². The summed E-state index contributed by atoms with van der Waals surface area (Å²) in [5.74, 6) is -0.671. The highest BCUT2D eigenvalue weighted by atomic mass is 19.1. The van der Waals surface area contributed by atoms with Crippen molar-refractivity contribution in [1.29, 1.82) is 0 Å². The Morgan fingerprint density at radius 2 is 2.17 bits per heavy atom. The van der Waals surface area contributed by atoms with E-state index in [0.717, 1.165) is 11.3 Å². The molecule has 0 saturated carbocycles. The molecule has 0 radical (unpaired) electrons. The SMILES string of the molecule is CC(=O)NCC1CN(c2ccc(-n3ccc(-c4ccccn4)c3)c(F)c2)C(=O)O1. The lowest BCUT2D eigenvalue weighted by molar-refractivity contribution is -0.119. The van der Waals surface area contributed by atoms with Gasteiger partial charge in [-0.25, -0.2) is 9.18 Å². The van der Waals surface area contributed by atoms with E-state index >= 15 is 0 Å². The molecule has 0 aliphatic carbocycles. The van der Waals surface area contributed by atoms with Crippen molar-refractivity contribution in [3.8, 4) is 16.9 Å². The third-order valence-corrected chi connectivity index (χ3v) is 4.63. The van der Waals surface area contributed by atoms with Crippen molar-refractivity contribution >= 4 is 17.7 Å². The van der Waals surface area contributed by atoms with Crippen LogP contribution in [0, 0.1) is 5.82 Å². The van der Waals surface area contributed by atoms with Crippen LogP contribution in [0.1, 0.15) is 6.92 Å². The standard InChI is InChI=1S/C21H19FN4O3/c1-14(27)24-11-17-13-26(21(28)29-17)16-5-6-20(18(22)10-16)25-9-7-15(12-25)19-4-2-3-8-23-19/h2-10,12,17H,11,13H2,1H3,(H,24,27). The number of aromatic nitrogens is 2. The zero-order valence-electron chi connectivity index (χ0n) is 15.7. The third-order valence-electron chi connectivity index (χ3n) is 4.63. The minimum absolute atomic E-state index is 0.202. The fourth-order valence-corrected chi connectivity index (χ4v) is 3.20. The van der Waals surface area contributed by atoms with Crippen LogP contribution in [0.3, 0.4) is 0 Å². The summed E-state index contributed by atoms with van der Waals surface area (Å²) in [6, 6.07) is 12.1. The molecule has 1 aliphatic rings. The number of carbonyl (C=O) groups is 2. The number of hydrogen-bond acceptors (Lipinski definition) is 4. The fourth-order valence-electron chi connectivity index (χ4n) is 3.20. The zero-order chi connectivity index (χ0) is 20.4. The van der Waals surface area contributed by atoms with Crippen LogP contribution in [-0.2, 0) is 9.53 Å². The average molecular weight is 394 g/mol. The fraction of sp³-hybridized carbons (Fsp3) is 0.190. The van der Waals surface area contributed by atoms with E-state index < -0.39 is 18.0 Å². The molecule has 2 amide bonds. The monoisotopic (exact) mass is 394 g/mol. The summed E-state index contributed by atoms with van der Waals surface area (Å²) in [4.78, 5) is 28.8. The maximum absolute atomic E-state index is 14.8. The average Bonchev–Trinajstić information content (AvgIpc) is 3.34. The molecular formula is C21H19FN4O3. The van der Waals surface area contributed by atoms with Crippen LogP contribution >= 0.6 is 0 Å². The Hall–Kier alpha value is -3.68. The van der Waals surface area contributed by atoms with E-state index in [9.17, 15) is 14.0 Å². The molecule has 1 atom stereocenters. The highest BCUT2D eigenvalue weighted by Crippen LogP contribution is 2.27. The van der Waals surface area contributed by atoms with Gasteiger partial charge in [0.15, 0.2) is 0 Å². The van der Waals surface area contributed by atoms with Gasteiger partial charge in [-0.1, -0.05) is 6.07 Å². The van der Waals surface area contributed by atoms with E-state index in [4.69, 9.17) is 4.74 Å². The second-order valence-corrected chi connectivity index (χ2v) is 6.71. The summed E-state index contributed by atoms with van der Waals surface area (Å²) >= 11 is 0. The minimum atomic E-state index is -0.564.